The molecule has 3 heteroatoms. The largest absolute Gasteiger partial charge is 0.244 e. The predicted octanol–water partition coefficient (Wildman–Crippen LogP) is 4.16. The highest BCUT2D eigenvalue weighted by atomic mass is 31.1. The summed E-state index contributed by atoms with van der Waals surface area (Å²) in [6, 6.07) is 8.13. The maximum absolute atomic E-state index is 4.88. The first kappa shape index (κ1) is 13.7. The molecule has 104 valence electrons. The van der Waals surface area contributed by atoms with Crippen LogP contribution in [0.1, 0.15) is 38.3 Å². The van der Waals surface area contributed by atoms with Crippen LogP contribution in [0.5, 0.6) is 0 Å². The number of allylic oxidation sites excluding steroid dienone is 1. The van der Waals surface area contributed by atoms with E-state index in [1.807, 2.05) is 24.3 Å². The first-order valence-corrected chi connectivity index (χ1v) is 8.84. The van der Waals surface area contributed by atoms with E-state index in [0.29, 0.717) is 14.0 Å². The van der Waals surface area contributed by atoms with Crippen molar-refractivity contribution in [1.82, 2.24) is 9.97 Å². The molecule has 0 bridgehead atoms. The number of rotatable bonds is 5. The minimum absolute atomic E-state index is 0.320. The van der Waals surface area contributed by atoms with Crippen molar-refractivity contribution in [2.75, 3.05) is 6.66 Å². The lowest BCUT2D eigenvalue weighted by molar-refractivity contribution is 0.589. The van der Waals surface area contributed by atoms with Gasteiger partial charge in [0.15, 0.2) is 0 Å². The van der Waals surface area contributed by atoms with Gasteiger partial charge in [0.1, 0.15) is 0 Å². The van der Waals surface area contributed by atoms with Gasteiger partial charge in [0.05, 0.1) is 22.2 Å². The molecule has 1 aromatic carbocycles. The lowest BCUT2D eigenvalue weighted by Gasteiger charge is -2.19. The molecule has 1 aliphatic carbocycles. The fourth-order valence-corrected chi connectivity index (χ4v) is 3.64. The number of aromatic nitrogens is 2. The topological polar surface area (TPSA) is 25.8 Å². The highest BCUT2D eigenvalue weighted by Gasteiger charge is 2.45. The van der Waals surface area contributed by atoms with Gasteiger partial charge in [-0.15, -0.1) is 0 Å². The van der Waals surface area contributed by atoms with Crippen molar-refractivity contribution >= 4 is 30.6 Å². The van der Waals surface area contributed by atoms with Crippen LogP contribution in [-0.2, 0) is 0 Å². The van der Waals surface area contributed by atoms with Crippen molar-refractivity contribution in [1.29, 1.82) is 0 Å². The fourth-order valence-electron chi connectivity index (χ4n) is 2.97. The summed E-state index contributed by atoms with van der Waals surface area (Å²) in [5, 5.41) is 0. The lowest BCUT2D eigenvalue weighted by Crippen LogP contribution is -2.16. The van der Waals surface area contributed by atoms with Gasteiger partial charge < -0.3 is 0 Å². The van der Waals surface area contributed by atoms with Crippen molar-refractivity contribution in [2.45, 2.75) is 32.6 Å². The van der Waals surface area contributed by atoms with E-state index in [1.165, 1.54) is 31.3 Å². The quantitative estimate of drug-likeness (QED) is 0.771. The van der Waals surface area contributed by atoms with Crippen LogP contribution in [0.4, 0.5) is 0 Å². The van der Waals surface area contributed by atoms with E-state index in [1.54, 1.807) is 0 Å². The summed E-state index contributed by atoms with van der Waals surface area (Å²) in [4.78, 5) is 9.68. The average Bonchev–Trinajstić information content (AvgIpc) is 3.26. The van der Waals surface area contributed by atoms with Gasteiger partial charge in [0.2, 0.25) is 0 Å². The lowest BCUT2D eigenvalue weighted by atomic mass is 9.90. The maximum Gasteiger partial charge on any atom is 0.0926 e. The molecule has 0 amide bonds. The third-order valence-corrected chi connectivity index (χ3v) is 5.14. The molecule has 1 aromatic heterocycles. The first-order chi connectivity index (χ1) is 9.70. The van der Waals surface area contributed by atoms with E-state index >= 15 is 0 Å². The third kappa shape index (κ3) is 2.27. The van der Waals surface area contributed by atoms with Crippen molar-refractivity contribution in [3.8, 4) is 0 Å². The monoisotopic (exact) mass is 284 g/mol. The Morgan fingerprint density at radius 1 is 1.25 bits per heavy atom. The molecule has 1 atom stereocenters. The van der Waals surface area contributed by atoms with Crippen LogP contribution in [0, 0.1) is 5.41 Å². The molecular formula is C17H21N2P. The van der Waals surface area contributed by atoms with Crippen LogP contribution in [-0.4, -0.2) is 16.6 Å². The van der Waals surface area contributed by atoms with Crippen molar-refractivity contribution in [2.24, 2.45) is 5.41 Å². The minimum atomic E-state index is 0.320. The second-order valence-corrected chi connectivity index (χ2v) is 6.64. The third-order valence-electron chi connectivity index (χ3n) is 4.32. The summed E-state index contributed by atoms with van der Waals surface area (Å²) in [5.41, 5.74) is 5.71. The molecule has 1 saturated carbocycles. The van der Waals surface area contributed by atoms with Crippen molar-refractivity contribution in [3.05, 3.63) is 36.5 Å². The zero-order chi connectivity index (χ0) is 14.2. The van der Waals surface area contributed by atoms with Gasteiger partial charge in [-0.2, -0.15) is 0 Å². The molecular weight excluding hydrogens is 263 g/mol. The molecule has 2 aromatic rings. The molecule has 1 unspecified atom stereocenters. The predicted molar refractivity (Wildman–Crippen MR) is 89.0 cm³/mol. The van der Waals surface area contributed by atoms with Gasteiger partial charge in [-0.25, -0.2) is 9.97 Å². The number of fused-ring (bicyclic) bond motifs is 1. The average molecular weight is 284 g/mol. The standard InChI is InChI=1S/C17H21N2P/c1-4-9-17(10-11-17)12(2)15-16(20-3)19-14-8-6-5-7-13(14)18-15/h5-8,20H,2,4,9-11H2,1,3H3. The van der Waals surface area contributed by atoms with Crippen LogP contribution in [0.15, 0.2) is 30.8 Å². The van der Waals surface area contributed by atoms with Crippen LogP contribution in [0.2, 0.25) is 0 Å². The Morgan fingerprint density at radius 2 is 1.90 bits per heavy atom. The molecule has 20 heavy (non-hydrogen) atoms. The number of nitrogens with zero attached hydrogens (tertiary/aromatic N) is 2. The minimum Gasteiger partial charge on any atom is -0.244 e. The van der Waals surface area contributed by atoms with Crippen molar-refractivity contribution < 1.29 is 0 Å². The highest BCUT2D eigenvalue weighted by Crippen LogP contribution is 2.57. The number of hydrogen-bond acceptors (Lipinski definition) is 2. The zero-order valence-corrected chi connectivity index (χ0v) is 13.2. The van der Waals surface area contributed by atoms with Crippen LogP contribution >= 0.6 is 8.58 Å². The summed E-state index contributed by atoms with van der Waals surface area (Å²) in [6.07, 6.45) is 4.97. The SMILES string of the molecule is C=C(c1nc2ccccc2nc1PC)C1(CCC)CC1. The Kier molecular flexibility index (Phi) is 3.60. The van der Waals surface area contributed by atoms with Gasteiger partial charge in [0.25, 0.3) is 0 Å². The zero-order valence-electron chi connectivity index (χ0n) is 12.2. The normalized spacial score (nSPS) is 16.9. The Labute approximate surface area is 122 Å². The van der Waals surface area contributed by atoms with E-state index < -0.39 is 0 Å². The molecule has 0 aliphatic heterocycles. The highest BCUT2D eigenvalue weighted by molar-refractivity contribution is 7.46. The van der Waals surface area contributed by atoms with Crippen LogP contribution in [0.25, 0.3) is 16.6 Å². The summed E-state index contributed by atoms with van der Waals surface area (Å²) in [5.74, 6) is 0. The van der Waals surface area contributed by atoms with Gasteiger partial charge in [-0.1, -0.05) is 40.6 Å². The fraction of sp³-hybridized carbons (Fsp3) is 0.412. The number of benzene rings is 1. The summed E-state index contributed by atoms with van der Waals surface area (Å²) in [7, 11) is 0.659. The molecule has 0 saturated heterocycles. The number of hydrogen-bond donors (Lipinski definition) is 0. The molecule has 1 fully saturated rings. The second-order valence-electron chi connectivity index (χ2n) is 5.67. The van der Waals surface area contributed by atoms with E-state index in [2.05, 4.69) is 20.2 Å². The Balaban J connectivity index is 2.08. The molecule has 0 N–H and O–H groups in total. The Hall–Kier alpha value is -1.27. The molecule has 0 radical (unpaired) electrons. The second kappa shape index (κ2) is 5.26. The molecule has 1 heterocycles. The molecule has 1 aliphatic rings. The Bertz CT molecular complexity index is 659. The molecule has 0 spiro atoms. The van der Waals surface area contributed by atoms with E-state index in [0.717, 1.165) is 22.2 Å². The Morgan fingerprint density at radius 3 is 2.45 bits per heavy atom. The van der Waals surface area contributed by atoms with E-state index in [-0.39, 0.29) is 0 Å². The van der Waals surface area contributed by atoms with Gasteiger partial charge in [-0.05, 0) is 49.0 Å². The first-order valence-electron chi connectivity index (χ1n) is 7.34. The van der Waals surface area contributed by atoms with Crippen LogP contribution < -0.4 is 5.44 Å². The van der Waals surface area contributed by atoms with Gasteiger partial charge >= 0.3 is 0 Å². The van der Waals surface area contributed by atoms with E-state index in [9.17, 15) is 0 Å². The number of para-hydroxylation sites is 2. The summed E-state index contributed by atoms with van der Waals surface area (Å²) in [6.45, 7) is 8.82. The smallest absolute Gasteiger partial charge is 0.0926 e. The van der Waals surface area contributed by atoms with Gasteiger partial charge in [-0.3, -0.25) is 0 Å². The maximum atomic E-state index is 4.88. The van der Waals surface area contributed by atoms with E-state index in [4.69, 9.17) is 9.97 Å². The van der Waals surface area contributed by atoms with Crippen molar-refractivity contribution in [3.63, 3.8) is 0 Å². The van der Waals surface area contributed by atoms with Crippen LogP contribution in [0.3, 0.4) is 0 Å². The molecule has 2 nitrogen and oxygen atoms in total. The summed E-state index contributed by atoms with van der Waals surface area (Å²) >= 11 is 0. The van der Waals surface area contributed by atoms with Gasteiger partial charge in [0, 0.05) is 0 Å². The summed E-state index contributed by atoms with van der Waals surface area (Å²) < 4.78 is 0. The molecule has 3 rings (SSSR count).